The molecule has 0 saturated heterocycles. The Hall–Kier alpha value is -4.36. The van der Waals surface area contributed by atoms with Gasteiger partial charge >= 0.3 is 30.1 Å². The maximum Gasteiger partial charge on any atom is 0.573 e. The number of benzene rings is 1. The third kappa shape index (κ3) is 7.32. The number of ether oxygens (including phenoxy) is 3. The van der Waals surface area contributed by atoms with Gasteiger partial charge in [-0.1, -0.05) is 11.2 Å². The molecule has 14 heteroatoms. The fraction of sp³-hybridized carbons (Fsp3) is 0.348. The second kappa shape index (κ2) is 11.1. The van der Waals surface area contributed by atoms with Gasteiger partial charge in [0, 0.05) is 17.8 Å². The van der Waals surface area contributed by atoms with Crippen molar-refractivity contribution in [3.63, 3.8) is 0 Å². The van der Waals surface area contributed by atoms with Crippen molar-refractivity contribution in [3.05, 3.63) is 48.5 Å². The molecule has 1 saturated carbocycles. The number of pyridine rings is 1. The van der Waals surface area contributed by atoms with Gasteiger partial charge in [0.2, 0.25) is 5.88 Å². The second-order valence-corrected chi connectivity index (χ2v) is 8.07. The Balaban J connectivity index is 1.28. The summed E-state index contributed by atoms with van der Waals surface area (Å²) >= 11 is 0. The van der Waals surface area contributed by atoms with E-state index in [0.29, 0.717) is 37.3 Å². The summed E-state index contributed by atoms with van der Waals surface area (Å²) in [6, 6.07) is 7.97. The lowest BCUT2D eigenvalue weighted by molar-refractivity contribution is -0.274. The number of anilines is 3. The van der Waals surface area contributed by atoms with Crippen LogP contribution < -0.4 is 20.1 Å². The number of rotatable bonds is 8. The summed E-state index contributed by atoms with van der Waals surface area (Å²) in [5.74, 6) is -1.47. The van der Waals surface area contributed by atoms with Gasteiger partial charge in [0.15, 0.2) is 0 Å². The van der Waals surface area contributed by atoms with Gasteiger partial charge in [0.05, 0.1) is 24.9 Å². The Morgan fingerprint density at radius 1 is 1.05 bits per heavy atom. The van der Waals surface area contributed by atoms with Crippen LogP contribution in [-0.4, -0.2) is 46.6 Å². The van der Waals surface area contributed by atoms with Crippen molar-refractivity contribution >= 4 is 29.3 Å². The van der Waals surface area contributed by atoms with Crippen molar-refractivity contribution in [2.45, 2.75) is 38.1 Å². The minimum atomic E-state index is -4.83. The van der Waals surface area contributed by atoms with Crippen LogP contribution in [0.25, 0.3) is 0 Å². The lowest BCUT2D eigenvalue weighted by atomic mass is 9.87. The van der Waals surface area contributed by atoms with Gasteiger partial charge < -0.3 is 29.3 Å². The van der Waals surface area contributed by atoms with E-state index in [1.807, 2.05) is 0 Å². The van der Waals surface area contributed by atoms with Crippen LogP contribution in [0.15, 0.2) is 47.0 Å². The van der Waals surface area contributed by atoms with Crippen molar-refractivity contribution in [2.24, 2.45) is 5.92 Å². The SMILES string of the molecule is COC(=O)[C@H]1CC[C@H](Oc2ccc(NC(=O)c3nnc(Nc4cccc(OC(F)(F)F)c4)o3)cn2)CC1. The van der Waals surface area contributed by atoms with Crippen LogP contribution in [-0.2, 0) is 9.53 Å². The number of methoxy groups -OCH3 is 1. The molecular formula is C23H22F3N5O6. The number of esters is 1. The van der Waals surface area contributed by atoms with E-state index in [9.17, 15) is 22.8 Å². The molecule has 37 heavy (non-hydrogen) atoms. The van der Waals surface area contributed by atoms with Crippen molar-refractivity contribution < 1.29 is 41.4 Å². The minimum Gasteiger partial charge on any atom is -0.474 e. The average molecular weight is 521 g/mol. The van der Waals surface area contributed by atoms with Crippen LogP contribution in [0.4, 0.5) is 30.6 Å². The summed E-state index contributed by atoms with van der Waals surface area (Å²) in [4.78, 5) is 28.2. The van der Waals surface area contributed by atoms with Crippen molar-refractivity contribution in [2.75, 3.05) is 17.7 Å². The second-order valence-electron chi connectivity index (χ2n) is 8.07. The zero-order chi connectivity index (χ0) is 26.4. The first-order valence-corrected chi connectivity index (χ1v) is 11.2. The molecule has 0 aliphatic heterocycles. The molecule has 1 amide bonds. The number of nitrogens with zero attached hydrogens (tertiary/aromatic N) is 3. The maximum absolute atomic E-state index is 12.4. The molecular weight excluding hydrogens is 499 g/mol. The summed E-state index contributed by atoms with van der Waals surface area (Å²) in [7, 11) is 1.38. The minimum absolute atomic E-state index is 0.0705. The number of aromatic nitrogens is 3. The standard InChI is InChI=1S/C23H22F3N5O6/c1-34-21(33)13-5-8-16(9-6-13)35-18-10-7-15(12-27-18)28-19(32)20-30-31-22(36-20)29-14-3-2-4-17(11-14)37-23(24,25)26/h2-4,7,10-13,16H,5-6,8-9H2,1H3,(H,28,32)(H,29,31)/t13-,16-. The molecule has 4 rings (SSSR count). The molecule has 2 aromatic heterocycles. The van der Waals surface area contributed by atoms with Crippen LogP contribution >= 0.6 is 0 Å². The number of carbonyl (C=O) groups excluding carboxylic acids is 2. The average Bonchev–Trinajstić information content (AvgIpc) is 3.33. The fourth-order valence-corrected chi connectivity index (χ4v) is 3.72. The largest absolute Gasteiger partial charge is 0.573 e. The van der Waals surface area contributed by atoms with Crippen LogP contribution in [0.1, 0.15) is 36.4 Å². The molecule has 196 valence electrons. The smallest absolute Gasteiger partial charge is 0.474 e. The first kappa shape index (κ1) is 25.7. The Labute approximate surface area is 208 Å². The van der Waals surface area contributed by atoms with Gasteiger partial charge in [-0.05, 0) is 43.9 Å². The lowest BCUT2D eigenvalue weighted by Crippen LogP contribution is -2.28. The van der Waals surface area contributed by atoms with Crippen molar-refractivity contribution in [1.82, 2.24) is 15.2 Å². The Morgan fingerprint density at radius 2 is 1.84 bits per heavy atom. The Morgan fingerprint density at radius 3 is 2.51 bits per heavy atom. The molecule has 3 aromatic rings. The van der Waals surface area contributed by atoms with Crippen molar-refractivity contribution in [1.29, 1.82) is 0 Å². The van der Waals surface area contributed by atoms with E-state index in [4.69, 9.17) is 13.9 Å². The zero-order valence-corrected chi connectivity index (χ0v) is 19.4. The van der Waals surface area contributed by atoms with Crippen LogP contribution in [0.5, 0.6) is 11.6 Å². The molecule has 0 atom stereocenters. The number of amides is 1. The van der Waals surface area contributed by atoms with Gasteiger partial charge in [-0.25, -0.2) is 4.98 Å². The molecule has 1 aliphatic rings. The molecule has 2 heterocycles. The quantitative estimate of drug-likeness (QED) is 0.408. The molecule has 0 unspecified atom stereocenters. The number of carbonyl (C=O) groups is 2. The first-order chi connectivity index (χ1) is 17.7. The number of hydrogen-bond acceptors (Lipinski definition) is 10. The predicted molar refractivity (Wildman–Crippen MR) is 121 cm³/mol. The van der Waals surface area contributed by atoms with Gasteiger partial charge in [0.25, 0.3) is 0 Å². The van der Waals surface area contributed by atoms with Gasteiger partial charge in [0.1, 0.15) is 11.9 Å². The topological polar surface area (TPSA) is 138 Å². The van der Waals surface area contributed by atoms with E-state index >= 15 is 0 Å². The van der Waals surface area contributed by atoms with Gasteiger partial charge in [-0.3, -0.25) is 9.59 Å². The monoisotopic (exact) mass is 521 g/mol. The fourth-order valence-electron chi connectivity index (χ4n) is 3.72. The highest BCUT2D eigenvalue weighted by Gasteiger charge is 2.31. The van der Waals surface area contributed by atoms with E-state index in [2.05, 4.69) is 30.6 Å². The maximum atomic E-state index is 12.4. The number of halogens is 3. The molecule has 1 aliphatic carbocycles. The molecule has 0 radical (unpaired) electrons. The highest BCUT2D eigenvalue weighted by Crippen LogP contribution is 2.29. The van der Waals surface area contributed by atoms with E-state index in [1.165, 1.54) is 25.4 Å². The van der Waals surface area contributed by atoms with Gasteiger partial charge in [-0.15, -0.1) is 18.3 Å². The van der Waals surface area contributed by atoms with Crippen LogP contribution in [0, 0.1) is 5.92 Å². The summed E-state index contributed by atoms with van der Waals surface area (Å²) < 4.78 is 56.9. The molecule has 0 bridgehead atoms. The van der Waals surface area contributed by atoms with Crippen LogP contribution in [0.2, 0.25) is 0 Å². The molecule has 1 fully saturated rings. The first-order valence-electron chi connectivity index (χ1n) is 11.2. The van der Waals surface area contributed by atoms with E-state index in [1.54, 1.807) is 12.1 Å². The predicted octanol–water partition coefficient (Wildman–Crippen LogP) is 4.47. The Bertz CT molecular complexity index is 1230. The zero-order valence-electron chi connectivity index (χ0n) is 19.4. The van der Waals surface area contributed by atoms with Gasteiger partial charge in [-0.2, -0.15) is 0 Å². The summed E-state index contributed by atoms with van der Waals surface area (Å²) in [6.07, 6.45) is -0.745. The molecule has 11 nitrogen and oxygen atoms in total. The summed E-state index contributed by atoms with van der Waals surface area (Å²) in [5.41, 5.74) is 0.521. The van der Waals surface area contributed by atoms with E-state index in [0.717, 1.165) is 12.1 Å². The normalized spacial score (nSPS) is 17.5. The molecule has 2 N–H and O–H groups in total. The van der Waals surface area contributed by atoms with Crippen molar-refractivity contribution in [3.8, 4) is 11.6 Å². The highest BCUT2D eigenvalue weighted by molar-refractivity contribution is 6.00. The number of alkyl halides is 3. The number of hydrogen-bond donors (Lipinski definition) is 2. The van der Waals surface area contributed by atoms with Crippen LogP contribution in [0.3, 0.4) is 0 Å². The third-order valence-electron chi connectivity index (χ3n) is 5.43. The number of nitrogens with one attached hydrogen (secondary N) is 2. The van der Waals surface area contributed by atoms with E-state index in [-0.39, 0.29) is 35.6 Å². The Kier molecular flexibility index (Phi) is 7.74. The third-order valence-corrected chi connectivity index (χ3v) is 5.43. The highest BCUT2D eigenvalue weighted by atomic mass is 19.4. The lowest BCUT2D eigenvalue weighted by Gasteiger charge is -2.27. The molecule has 1 aromatic carbocycles. The summed E-state index contributed by atoms with van der Waals surface area (Å²) in [6.45, 7) is 0. The van der Waals surface area contributed by atoms with E-state index < -0.39 is 18.0 Å². The molecule has 0 spiro atoms. The summed E-state index contributed by atoms with van der Waals surface area (Å²) in [5, 5.41) is 12.4.